The zero-order valence-corrected chi connectivity index (χ0v) is 7.47. The lowest BCUT2D eigenvalue weighted by Gasteiger charge is -2.12. The summed E-state index contributed by atoms with van der Waals surface area (Å²) in [5.41, 5.74) is 1.14. The van der Waals surface area contributed by atoms with E-state index in [1.807, 2.05) is 24.3 Å². The molecule has 11 heavy (non-hydrogen) atoms. The van der Waals surface area contributed by atoms with Crippen molar-refractivity contribution < 1.29 is 4.74 Å². The molecule has 0 unspecified atom stereocenters. The van der Waals surface area contributed by atoms with E-state index in [1.54, 1.807) is 0 Å². The van der Waals surface area contributed by atoms with Crippen LogP contribution >= 0.6 is 15.9 Å². The van der Waals surface area contributed by atoms with Gasteiger partial charge < -0.3 is 4.74 Å². The van der Waals surface area contributed by atoms with Crippen LogP contribution in [0.3, 0.4) is 0 Å². The lowest BCUT2D eigenvalue weighted by atomic mass is 10.1. The standard InChI is InChI=1S/C9H7BrO/c10-8-5-1-3-7-4-2-6-11-9(7)8/h1-5H,6H2. The second-order valence-electron chi connectivity index (χ2n) is 2.37. The number of para-hydroxylation sites is 1. The molecule has 0 saturated heterocycles. The molecule has 1 heterocycles. The third kappa shape index (κ3) is 1.18. The largest absolute Gasteiger partial charge is 0.488 e. The second kappa shape index (κ2) is 2.70. The van der Waals surface area contributed by atoms with Crippen molar-refractivity contribution in [2.75, 3.05) is 6.61 Å². The highest BCUT2D eigenvalue weighted by atomic mass is 79.9. The van der Waals surface area contributed by atoms with E-state index in [-0.39, 0.29) is 0 Å². The minimum Gasteiger partial charge on any atom is -0.488 e. The van der Waals surface area contributed by atoms with Crippen molar-refractivity contribution in [1.29, 1.82) is 0 Å². The van der Waals surface area contributed by atoms with Crippen molar-refractivity contribution in [2.45, 2.75) is 0 Å². The van der Waals surface area contributed by atoms with Gasteiger partial charge in [-0.15, -0.1) is 0 Å². The van der Waals surface area contributed by atoms with Gasteiger partial charge in [0.25, 0.3) is 0 Å². The van der Waals surface area contributed by atoms with Crippen LogP contribution in [0.1, 0.15) is 5.56 Å². The van der Waals surface area contributed by atoms with Crippen LogP contribution in [0.25, 0.3) is 6.08 Å². The number of halogens is 1. The van der Waals surface area contributed by atoms with Gasteiger partial charge in [0, 0.05) is 5.56 Å². The van der Waals surface area contributed by atoms with Crippen molar-refractivity contribution >= 4 is 22.0 Å². The maximum atomic E-state index is 5.42. The first-order valence-electron chi connectivity index (χ1n) is 3.46. The summed E-state index contributed by atoms with van der Waals surface area (Å²) >= 11 is 3.42. The van der Waals surface area contributed by atoms with Crippen molar-refractivity contribution in [1.82, 2.24) is 0 Å². The minimum absolute atomic E-state index is 0.676. The van der Waals surface area contributed by atoms with E-state index in [2.05, 4.69) is 22.0 Å². The number of hydrogen-bond acceptors (Lipinski definition) is 1. The van der Waals surface area contributed by atoms with Crippen LogP contribution in [0.4, 0.5) is 0 Å². The molecule has 0 fully saturated rings. The van der Waals surface area contributed by atoms with Gasteiger partial charge in [-0.2, -0.15) is 0 Å². The lowest BCUT2D eigenvalue weighted by molar-refractivity contribution is 0.356. The van der Waals surface area contributed by atoms with Gasteiger partial charge >= 0.3 is 0 Å². The maximum absolute atomic E-state index is 5.42. The fraction of sp³-hybridized carbons (Fsp3) is 0.111. The van der Waals surface area contributed by atoms with E-state index in [0.717, 1.165) is 15.8 Å². The fourth-order valence-electron chi connectivity index (χ4n) is 1.12. The van der Waals surface area contributed by atoms with Crippen LogP contribution < -0.4 is 4.74 Å². The van der Waals surface area contributed by atoms with E-state index in [9.17, 15) is 0 Å². The molecule has 0 aliphatic carbocycles. The first-order chi connectivity index (χ1) is 5.38. The molecule has 0 saturated carbocycles. The number of benzene rings is 1. The van der Waals surface area contributed by atoms with E-state index >= 15 is 0 Å². The minimum atomic E-state index is 0.676. The summed E-state index contributed by atoms with van der Waals surface area (Å²) in [5.74, 6) is 0.954. The van der Waals surface area contributed by atoms with Crippen LogP contribution in [0.15, 0.2) is 28.7 Å². The van der Waals surface area contributed by atoms with Crippen molar-refractivity contribution in [3.63, 3.8) is 0 Å². The normalized spacial score (nSPS) is 13.9. The molecule has 56 valence electrons. The average Bonchev–Trinajstić information content (AvgIpc) is 2.06. The molecule has 0 amide bonds. The highest BCUT2D eigenvalue weighted by molar-refractivity contribution is 9.10. The molecule has 0 atom stereocenters. The van der Waals surface area contributed by atoms with Crippen molar-refractivity contribution in [3.8, 4) is 5.75 Å². The molecular weight excluding hydrogens is 204 g/mol. The van der Waals surface area contributed by atoms with Crippen LogP contribution in [-0.4, -0.2) is 6.61 Å². The van der Waals surface area contributed by atoms with E-state index in [1.165, 1.54) is 0 Å². The van der Waals surface area contributed by atoms with E-state index in [4.69, 9.17) is 4.74 Å². The summed E-state index contributed by atoms with van der Waals surface area (Å²) in [6, 6.07) is 6.02. The molecule has 0 radical (unpaired) electrons. The van der Waals surface area contributed by atoms with Crippen LogP contribution in [0.5, 0.6) is 5.75 Å². The Hall–Kier alpha value is -0.760. The summed E-state index contributed by atoms with van der Waals surface area (Å²) in [7, 11) is 0. The first kappa shape index (κ1) is 6.92. The molecular formula is C9H7BrO. The predicted molar refractivity (Wildman–Crippen MR) is 48.7 cm³/mol. The lowest BCUT2D eigenvalue weighted by Crippen LogP contribution is -2.00. The Morgan fingerprint density at radius 2 is 2.27 bits per heavy atom. The molecule has 1 nitrogen and oxygen atoms in total. The first-order valence-corrected chi connectivity index (χ1v) is 4.25. The van der Waals surface area contributed by atoms with Crippen molar-refractivity contribution in [2.24, 2.45) is 0 Å². The monoisotopic (exact) mass is 210 g/mol. The summed E-state index contributed by atoms with van der Waals surface area (Å²) in [4.78, 5) is 0. The van der Waals surface area contributed by atoms with Crippen LogP contribution in [-0.2, 0) is 0 Å². The third-order valence-corrected chi connectivity index (χ3v) is 2.24. The quantitative estimate of drug-likeness (QED) is 0.641. The van der Waals surface area contributed by atoms with Gasteiger partial charge in [-0.25, -0.2) is 0 Å². The van der Waals surface area contributed by atoms with Gasteiger partial charge in [0.15, 0.2) is 0 Å². The second-order valence-corrected chi connectivity index (χ2v) is 3.23. The summed E-state index contributed by atoms with van der Waals surface area (Å²) in [5, 5.41) is 0. The van der Waals surface area contributed by atoms with E-state index < -0.39 is 0 Å². The Morgan fingerprint density at radius 3 is 3.09 bits per heavy atom. The molecule has 1 aromatic rings. The number of rotatable bonds is 0. The molecule has 0 aromatic heterocycles. The highest BCUT2D eigenvalue weighted by Gasteiger charge is 2.07. The third-order valence-electron chi connectivity index (χ3n) is 1.62. The van der Waals surface area contributed by atoms with Gasteiger partial charge in [0.05, 0.1) is 4.47 Å². The molecule has 0 bridgehead atoms. The summed E-state index contributed by atoms with van der Waals surface area (Å²) in [6.45, 7) is 0.676. The van der Waals surface area contributed by atoms with Gasteiger partial charge in [0.2, 0.25) is 0 Å². The molecule has 2 rings (SSSR count). The number of ether oxygens (including phenoxy) is 1. The summed E-state index contributed by atoms with van der Waals surface area (Å²) < 4.78 is 6.45. The van der Waals surface area contributed by atoms with Crippen LogP contribution in [0, 0.1) is 0 Å². The Labute approximate surface area is 73.8 Å². The molecule has 1 aliphatic rings. The van der Waals surface area contributed by atoms with Gasteiger partial charge in [-0.05, 0) is 28.1 Å². The van der Waals surface area contributed by atoms with Crippen LogP contribution in [0.2, 0.25) is 0 Å². The number of hydrogen-bond donors (Lipinski definition) is 0. The maximum Gasteiger partial charge on any atom is 0.141 e. The molecule has 0 N–H and O–H groups in total. The zero-order valence-electron chi connectivity index (χ0n) is 5.88. The Morgan fingerprint density at radius 1 is 1.36 bits per heavy atom. The molecule has 1 aromatic carbocycles. The van der Waals surface area contributed by atoms with Gasteiger partial charge in [0.1, 0.15) is 12.4 Å². The smallest absolute Gasteiger partial charge is 0.141 e. The van der Waals surface area contributed by atoms with E-state index in [0.29, 0.717) is 6.61 Å². The average molecular weight is 211 g/mol. The fourth-order valence-corrected chi connectivity index (χ4v) is 1.61. The molecule has 2 heteroatoms. The Kier molecular flexibility index (Phi) is 1.70. The summed E-state index contributed by atoms with van der Waals surface area (Å²) in [6.07, 6.45) is 4.08. The molecule has 0 spiro atoms. The topological polar surface area (TPSA) is 9.23 Å². The SMILES string of the molecule is Brc1cccc2c1OCC=C2. The van der Waals surface area contributed by atoms with Gasteiger partial charge in [-0.1, -0.05) is 18.2 Å². The Balaban J connectivity index is 2.60. The van der Waals surface area contributed by atoms with Gasteiger partial charge in [-0.3, -0.25) is 0 Å². The van der Waals surface area contributed by atoms with Crippen molar-refractivity contribution in [3.05, 3.63) is 34.3 Å². The highest BCUT2D eigenvalue weighted by Crippen LogP contribution is 2.31. The molecule has 1 aliphatic heterocycles. The predicted octanol–water partition coefficient (Wildman–Crippen LogP) is 2.85. The zero-order chi connectivity index (χ0) is 7.68. The number of fused-ring (bicyclic) bond motifs is 1. The Bertz CT molecular complexity index is 304.